The molecule has 0 aromatic heterocycles. The molecule has 0 bridgehead atoms. The third-order valence-corrected chi connectivity index (χ3v) is 6.98. The van der Waals surface area contributed by atoms with Gasteiger partial charge in [0, 0.05) is 56.0 Å². The SMILES string of the molecule is CCOC(=O)c1ccc(F)c(-c2ccc(C(=O)N(C(C)C)[C@@H]3CCCN(C(=O)OC(C)(C)C)C3)cc2OCCCOC)c1. The minimum atomic E-state index is -0.617. The summed E-state index contributed by atoms with van der Waals surface area (Å²) in [4.78, 5) is 42.6. The summed E-state index contributed by atoms with van der Waals surface area (Å²) in [5, 5.41) is 0. The zero-order valence-corrected chi connectivity index (χ0v) is 26.4. The van der Waals surface area contributed by atoms with Gasteiger partial charge in [-0.3, -0.25) is 4.79 Å². The molecule has 2 aromatic rings. The smallest absolute Gasteiger partial charge is 0.410 e. The molecule has 1 heterocycles. The lowest BCUT2D eigenvalue weighted by molar-refractivity contribution is 0.00751. The number of carbonyl (C=O) groups excluding carboxylic acids is 3. The van der Waals surface area contributed by atoms with E-state index in [1.165, 1.54) is 18.2 Å². The second-order valence-electron chi connectivity index (χ2n) is 11.8. The van der Waals surface area contributed by atoms with Gasteiger partial charge in [0.2, 0.25) is 0 Å². The third kappa shape index (κ3) is 9.16. The van der Waals surface area contributed by atoms with Gasteiger partial charge >= 0.3 is 12.1 Å². The number of amides is 2. The summed E-state index contributed by atoms with van der Waals surface area (Å²) in [6, 6.07) is 8.55. The van der Waals surface area contributed by atoms with Crippen molar-refractivity contribution >= 4 is 18.0 Å². The Morgan fingerprint density at radius 1 is 1.05 bits per heavy atom. The Morgan fingerprint density at radius 2 is 1.77 bits per heavy atom. The minimum absolute atomic E-state index is 0.152. The Morgan fingerprint density at radius 3 is 2.42 bits per heavy atom. The zero-order valence-electron chi connectivity index (χ0n) is 26.4. The summed E-state index contributed by atoms with van der Waals surface area (Å²) >= 11 is 0. The Balaban J connectivity index is 1.96. The maximum atomic E-state index is 15.1. The maximum absolute atomic E-state index is 15.1. The van der Waals surface area contributed by atoms with E-state index in [-0.39, 0.29) is 42.3 Å². The summed E-state index contributed by atoms with van der Waals surface area (Å²) in [6.07, 6.45) is 1.67. The fourth-order valence-corrected chi connectivity index (χ4v) is 5.10. The molecule has 0 unspecified atom stereocenters. The van der Waals surface area contributed by atoms with Crippen molar-refractivity contribution in [2.24, 2.45) is 0 Å². The molecule has 0 radical (unpaired) electrons. The van der Waals surface area contributed by atoms with E-state index in [0.717, 1.165) is 12.8 Å². The first kappa shape index (κ1) is 33.8. The largest absolute Gasteiger partial charge is 0.493 e. The van der Waals surface area contributed by atoms with E-state index in [1.807, 2.05) is 34.6 Å². The predicted molar refractivity (Wildman–Crippen MR) is 162 cm³/mol. The number of nitrogens with zero attached hydrogens (tertiary/aromatic N) is 2. The van der Waals surface area contributed by atoms with E-state index in [2.05, 4.69) is 0 Å². The van der Waals surface area contributed by atoms with Crippen LogP contribution in [0.15, 0.2) is 36.4 Å². The molecule has 2 aromatic carbocycles. The predicted octanol–water partition coefficient (Wildman–Crippen LogP) is 6.33. The molecule has 0 N–H and O–H groups in total. The average Bonchev–Trinajstić information content (AvgIpc) is 2.95. The molecule has 3 rings (SSSR count). The lowest BCUT2D eigenvalue weighted by atomic mass is 9.98. The Bertz CT molecular complexity index is 1270. The number of likely N-dealkylation sites (tertiary alicyclic amines) is 1. The van der Waals surface area contributed by atoms with E-state index >= 15 is 4.39 Å². The molecular weight excluding hydrogens is 555 g/mol. The van der Waals surface area contributed by atoms with Crippen LogP contribution in [0.3, 0.4) is 0 Å². The third-order valence-electron chi connectivity index (χ3n) is 6.98. The van der Waals surface area contributed by atoms with Gasteiger partial charge in [-0.15, -0.1) is 0 Å². The van der Waals surface area contributed by atoms with E-state index in [1.54, 1.807) is 42.0 Å². The van der Waals surface area contributed by atoms with Crippen molar-refractivity contribution in [3.05, 3.63) is 53.3 Å². The highest BCUT2D eigenvalue weighted by atomic mass is 19.1. The van der Waals surface area contributed by atoms with Crippen LogP contribution in [0.2, 0.25) is 0 Å². The number of piperidine rings is 1. The lowest BCUT2D eigenvalue weighted by Gasteiger charge is -2.41. The van der Waals surface area contributed by atoms with Gasteiger partial charge in [0.15, 0.2) is 0 Å². The summed E-state index contributed by atoms with van der Waals surface area (Å²) in [7, 11) is 1.59. The van der Waals surface area contributed by atoms with Gasteiger partial charge in [0.25, 0.3) is 5.91 Å². The van der Waals surface area contributed by atoms with Crippen molar-refractivity contribution in [1.82, 2.24) is 9.80 Å². The molecule has 43 heavy (non-hydrogen) atoms. The van der Waals surface area contributed by atoms with Gasteiger partial charge in [-0.2, -0.15) is 0 Å². The van der Waals surface area contributed by atoms with Crippen molar-refractivity contribution in [2.75, 3.05) is 40.0 Å². The van der Waals surface area contributed by atoms with E-state index in [9.17, 15) is 14.4 Å². The van der Waals surface area contributed by atoms with Gasteiger partial charge < -0.3 is 28.7 Å². The molecule has 1 fully saturated rings. The number of benzene rings is 2. The topological polar surface area (TPSA) is 94.6 Å². The van der Waals surface area contributed by atoms with Gasteiger partial charge in [-0.1, -0.05) is 0 Å². The monoisotopic (exact) mass is 600 g/mol. The van der Waals surface area contributed by atoms with Crippen molar-refractivity contribution in [2.45, 2.75) is 78.5 Å². The van der Waals surface area contributed by atoms with Crippen molar-refractivity contribution in [1.29, 1.82) is 0 Å². The lowest BCUT2D eigenvalue weighted by Crippen LogP contribution is -2.54. The van der Waals surface area contributed by atoms with E-state index in [0.29, 0.717) is 43.0 Å². The molecule has 0 saturated carbocycles. The molecule has 236 valence electrons. The summed E-state index contributed by atoms with van der Waals surface area (Å²) < 4.78 is 37.0. The molecule has 1 aliphatic rings. The van der Waals surface area contributed by atoms with Crippen LogP contribution in [0.25, 0.3) is 11.1 Å². The van der Waals surface area contributed by atoms with Crippen molar-refractivity contribution < 1.29 is 37.7 Å². The van der Waals surface area contributed by atoms with Gasteiger partial charge in [0.05, 0.1) is 24.8 Å². The summed E-state index contributed by atoms with van der Waals surface area (Å²) in [6.45, 7) is 12.9. The quantitative estimate of drug-likeness (QED) is 0.220. The standard InChI is InChI=1S/C33H45FN2O7/c1-8-41-31(38)24-13-15-28(34)27(19-24)26-14-12-23(20-29(26)42-18-10-17-40-7)30(37)36(22(2)3)25-11-9-16-35(21-25)32(39)43-33(4,5)6/h12-15,19-20,22,25H,8-11,16-18,21H2,1-7H3/t25-/m1/s1. The number of esters is 1. The second-order valence-corrected chi connectivity index (χ2v) is 11.8. The number of carbonyl (C=O) groups is 3. The first-order valence-corrected chi connectivity index (χ1v) is 14.9. The first-order chi connectivity index (χ1) is 20.4. The molecule has 9 nitrogen and oxygen atoms in total. The van der Waals surface area contributed by atoms with E-state index in [4.69, 9.17) is 18.9 Å². The van der Waals surface area contributed by atoms with Crippen LogP contribution >= 0.6 is 0 Å². The van der Waals surface area contributed by atoms with Crippen LogP contribution in [0, 0.1) is 5.82 Å². The Hall–Kier alpha value is -3.66. The van der Waals surface area contributed by atoms with Crippen LogP contribution < -0.4 is 4.74 Å². The van der Waals surface area contributed by atoms with Gasteiger partial charge in [-0.05, 0) is 90.8 Å². The van der Waals surface area contributed by atoms with Crippen LogP contribution in [0.4, 0.5) is 9.18 Å². The molecule has 1 aliphatic heterocycles. The zero-order chi connectivity index (χ0) is 31.7. The Labute approximate surface area is 254 Å². The molecule has 1 saturated heterocycles. The van der Waals surface area contributed by atoms with Crippen LogP contribution in [0.1, 0.15) is 81.5 Å². The number of methoxy groups -OCH3 is 1. The van der Waals surface area contributed by atoms with Crippen LogP contribution in [-0.4, -0.2) is 85.5 Å². The van der Waals surface area contributed by atoms with Crippen molar-refractivity contribution in [3.63, 3.8) is 0 Å². The fraction of sp³-hybridized carbons (Fsp3) is 0.545. The van der Waals surface area contributed by atoms with Crippen LogP contribution in [0.5, 0.6) is 5.75 Å². The molecule has 10 heteroatoms. The first-order valence-electron chi connectivity index (χ1n) is 14.9. The summed E-state index contributed by atoms with van der Waals surface area (Å²) in [5.74, 6) is -1.01. The second kappa shape index (κ2) is 15.2. The maximum Gasteiger partial charge on any atom is 0.410 e. The number of ether oxygens (including phenoxy) is 4. The fourth-order valence-electron chi connectivity index (χ4n) is 5.10. The molecular formula is C33H45FN2O7. The highest BCUT2D eigenvalue weighted by Crippen LogP contribution is 2.35. The molecule has 0 aliphatic carbocycles. The highest BCUT2D eigenvalue weighted by molar-refractivity contribution is 5.96. The number of rotatable bonds is 11. The number of halogens is 1. The van der Waals surface area contributed by atoms with Gasteiger partial charge in [0.1, 0.15) is 17.2 Å². The normalized spacial score (nSPS) is 15.3. The van der Waals surface area contributed by atoms with Gasteiger partial charge in [-0.25, -0.2) is 14.0 Å². The molecule has 2 amide bonds. The van der Waals surface area contributed by atoms with Crippen LogP contribution in [-0.2, 0) is 14.2 Å². The Kier molecular flexibility index (Phi) is 11.9. The number of hydrogen-bond donors (Lipinski definition) is 0. The number of hydrogen-bond acceptors (Lipinski definition) is 7. The molecule has 0 spiro atoms. The molecule has 1 atom stereocenters. The summed E-state index contributed by atoms with van der Waals surface area (Å²) in [5.41, 5.74) is 0.528. The minimum Gasteiger partial charge on any atom is -0.493 e. The van der Waals surface area contributed by atoms with E-state index < -0.39 is 23.5 Å². The highest BCUT2D eigenvalue weighted by Gasteiger charge is 2.34. The average molecular weight is 601 g/mol. The van der Waals surface area contributed by atoms with Crippen molar-refractivity contribution in [3.8, 4) is 16.9 Å².